The lowest BCUT2D eigenvalue weighted by Gasteiger charge is -2.22. The molecule has 28 heavy (non-hydrogen) atoms. The quantitative estimate of drug-likeness (QED) is 0.389. The van der Waals surface area contributed by atoms with Gasteiger partial charge in [-0.3, -0.25) is 14.4 Å². The van der Waals surface area contributed by atoms with E-state index in [1.165, 1.54) is 26.0 Å². The third-order valence-electron chi connectivity index (χ3n) is 4.01. The van der Waals surface area contributed by atoms with E-state index in [0.717, 1.165) is 18.2 Å². The van der Waals surface area contributed by atoms with Crippen LogP contribution in [0, 0.1) is 5.92 Å². The summed E-state index contributed by atoms with van der Waals surface area (Å²) < 4.78 is 5.41. The Bertz CT molecular complexity index is 870. The van der Waals surface area contributed by atoms with E-state index >= 15 is 0 Å². The number of ketones is 2. The molecule has 7 heteroatoms. The first-order valence-corrected chi connectivity index (χ1v) is 8.87. The molecule has 0 saturated heterocycles. The fourth-order valence-corrected chi connectivity index (χ4v) is 2.76. The van der Waals surface area contributed by atoms with Crippen molar-refractivity contribution in [2.24, 2.45) is 5.92 Å². The Hall–Kier alpha value is -2.93. The number of aliphatic hydroxyl groups is 1. The third kappa shape index (κ3) is 4.86. The topological polar surface area (TPSA) is 121 Å². The van der Waals surface area contributed by atoms with Crippen molar-refractivity contribution in [3.05, 3.63) is 47.1 Å². The summed E-state index contributed by atoms with van der Waals surface area (Å²) in [7, 11) is 0. The van der Waals surface area contributed by atoms with E-state index in [4.69, 9.17) is 4.74 Å². The van der Waals surface area contributed by atoms with Crippen LogP contribution in [0.4, 0.5) is 0 Å². The van der Waals surface area contributed by atoms with Gasteiger partial charge < -0.3 is 20.1 Å². The molecule has 0 aliphatic heterocycles. The molecule has 0 bridgehead atoms. The van der Waals surface area contributed by atoms with E-state index in [1.54, 1.807) is 0 Å². The molecule has 0 fully saturated rings. The molecule has 0 heterocycles. The van der Waals surface area contributed by atoms with Crippen LogP contribution in [-0.2, 0) is 9.53 Å². The second kappa shape index (κ2) is 7.98. The van der Waals surface area contributed by atoms with E-state index in [9.17, 15) is 29.7 Å². The molecule has 3 N–H and O–H groups in total. The summed E-state index contributed by atoms with van der Waals surface area (Å²) in [5, 5.41) is 30.8. The molecule has 0 unspecified atom stereocenters. The highest BCUT2D eigenvalue weighted by Crippen LogP contribution is 2.40. The number of aromatic hydroxyl groups is 2. The standard InChI is InChI=1S/C21H24O7/c1-11(2)9-17(25)28-16(7-8-21(3,4)27)12-10-15(24)18-13(22)5-6-14(23)19(18)20(12)26/h5-8,10-11,16,24,26-27H,9H2,1-4H3/t16-/m1/s1. The lowest BCUT2D eigenvalue weighted by atomic mass is 9.89. The number of ether oxygens (including phenoxy) is 1. The molecule has 1 aromatic rings. The highest BCUT2D eigenvalue weighted by atomic mass is 16.5. The molecular weight excluding hydrogens is 364 g/mol. The number of carbonyl (C=O) groups is 3. The van der Waals surface area contributed by atoms with Gasteiger partial charge in [-0.05, 0) is 44.1 Å². The Kier molecular flexibility index (Phi) is 6.09. The summed E-state index contributed by atoms with van der Waals surface area (Å²) in [6.45, 7) is 6.69. The predicted molar refractivity (Wildman–Crippen MR) is 101 cm³/mol. The van der Waals surface area contributed by atoms with E-state index in [0.29, 0.717) is 0 Å². The maximum absolute atomic E-state index is 12.2. The average molecular weight is 388 g/mol. The van der Waals surface area contributed by atoms with Crippen LogP contribution in [-0.4, -0.2) is 38.5 Å². The van der Waals surface area contributed by atoms with Gasteiger partial charge in [0.25, 0.3) is 0 Å². The first-order valence-electron chi connectivity index (χ1n) is 8.87. The molecule has 1 atom stereocenters. The van der Waals surface area contributed by atoms with Crippen molar-refractivity contribution >= 4 is 17.5 Å². The minimum absolute atomic E-state index is 0.0290. The summed E-state index contributed by atoms with van der Waals surface area (Å²) in [5.41, 5.74) is -1.94. The summed E-state index contributed by atoms with van der Waals surface area (Å²) >= 11 is 0. The average Bonchev–Trinajstić information content (AvgIpc) is 2.55. The van der Waals surface area contributed by atoms with Gasteiger partial charge in [0.15, 0.2) is 11.6 Å². The predicted octanol–water partition coefficient (Wildman–Crippen LogP) is 2.99. The van der Waals surface area contributed by atoms with Gasteiger partial charge in [-0.25, -0.2) is 0 Å². The molecule has 0 saturated carbocycles. The molecule has 0 amide bonds. The van der Waals surface area contributed by atoms with Crippen LogP contribution < -0.4 is 0 Å². The number of phenols is 2. The summed E-state index contributed by atoms with van der Waals surface area (Å²) in [6, 6.07) is 1.08. The number of esters is 1. The van der Waals surface area contributed by atoms with E-state index < -0.39 is 40.7 Å². The number of benzene rings is 1. The summed E-state index contributed by atoms with van der Waals surface area (Å²) in [4.78, 5) is 36.4. The van der Waals surface area contributed by atoms with Gasteiger partial charge in [0, 0.05) is 12.0 Å². The van der Waals surface area contributed by atoms with Crippen molar-refractivity contribution in [3.63, 3.8) is 0 Å². The van der Waals surface area contributed by atoms with Crippen LogP contribution in [0.25, 0.3) is 0 Å². The highest BCUT2D eigenvalue weighted by Gasteiger charge is 2.31. The van der Waals surface area contributed by atoms with Crippen LogP contribution in [0.1, 0.15) is 66.5 Å². The van der Waals surface area contributed by atoms with Crippen molar-refractivity contribution in [2.45, 2.75) is 45.8 Å². The zero-order valence-corrected chi connectivity index (χ0v) is 16.2. The van der Waals surface area contributed by atoms with Gasteiger partial charge in [0.05, 0.1) is 16.7 Å². The number of fused-ring (bicyclic) bond motifs is 1. The van der Waals surface area contributed by atoms with Gasteiger partial charge >= 0.3 is 5.97 Å². The fraction of sp³-hybridized carbons (Fsp3) is 0.381. The Morgan fingerprint density at radius 3 is 2.25 bits per heavy atom. The van der Waals surface area contributed by atoms with Crippen LogP contribution in [0.3, 0.4) is 0 Å². The van der Waals surface area contributed by atoms with Crippen molar-refractivity contribution in [3.8, 4) is 11.5 Å². The first kappa shape index (κ1) is 21.4. The Balaban J connectivity index is 2.57. The first-order chi connectivity index (χ1) is 12.9. The molecule has 0 spiro atoms. The van der Waals surface area contributed by atoms with Gasteiger partial charge in [0.1, 0.15) is 17.6 Å². The van der Waals surface area contributed by atoms with E-state index in [2.05, 4.69) is 0 Å². The number of hydrogen-bond acceptors (Lipinski definition) is 7. The summed E-state index contributed by atoms with van der Waals surface area (Å²) in [5.74, 6) is -2.86. The van der Waals surface area contributed by atoms with E-state index in [-0.39, 0.29) is 29.0 Å². The minimum Gasteiger partial charge on any atom is -0.507 e. The van der Waals surface area contributed by atoms with Crippen molar-refractivity contribution in [1.82, 2.24) is 0 Å². The second-order valence-corrected chi connectivity index (χ2v) is 7.67. The van der Waals surface area contributed by atoms with Gasteiger partial charge in [0.2, 0.25) is 0 Å². The number of carbonyl (C=O) groups excluding carboxylic acids is 3. The van der Waals surface area contributed by atoms with Gasteiger partial charge in [-0.1, -0.05) is 19.9 Å². The van der Waals surface area contributed by atoms with E-state index in [1.807, 2.05) is 13.8 Å². The second-order valence-electron chi connectivity index (χ2n) is 7.67. The number of hydrogen-bond donors (Lipinski definition) is 3. The van der Waals surface area contributed by atoms with Crippen LogP contribution in [0.2, 0.25) is 0 Å². The van der Waals surface area contributed by atoms with Crippen LogP contribution in [0.5, 0.6) is 11.5 Å². The maximum Gasteiger partial charge on any atom is 0.306 e. The van der Waals surface area contributed by atoms with Gasteiger partial charge in [-0.2, -0.15) is 0 Å². The molecule has 2 rings (SSSR count). The van der Waals surface area contributed by atoms with Gasteiger partial charge in [-0.15, -0.1) is 0 Å². The number of phenolic OH excluding ortho intramolecular Hbond substituents is 2. The normalized spacial score (nSPS) is 15.2. The van der Waals surface area contributed by atoms with Crippen molar-refractivity contribution in [1.29, 1.82) is 0 Å². The van der Waals surface area contributed by atoms with Crippen molar-refractivity contribution < 1.29 is 34.4 Å². The third-order valence-corrected chi connectivity index (χ3v) is 4.01. The zero-order chi connectivity index (χ0) is 21.2. The Labute approximate surface area is 163 Å². The smallest absolute Gasteiger partial charge is 0.306 e. The Morgan fingerprint density at radius 1 is 1.14 bits per heavy atom. The van der Waals surface area contributed by atoms with Crippen LogP contribution >= 0.6 is 0 Å². The molecule has 1 aliphatic rings. The highest BCUT2D eigenvalue weighted by molar-refractivity contribution is 6.24. The SMILES string of the molecule is CC(C)CC(=O)O[C@H](C=CC(C)(C)O)c1cc(O)c2c(c1O)C(=O)C=CC2=O. The lowest BCUT2D eigenvalue weighted by Crippen LogP contribution is -2.18. The lowest BCUT2D eigenvalue weighted by molar-refractivity contribution is -0.148. The molecule has 1 aliphatic carbocycles. The van der Waals surface area contributed by atoms with Crippen molar-refractivity contribution in [2.75, 3.05) is 0 Å². The maximum atomic E-state index is 12.2. The summed E-state index contributed by atoms with van der Waals surface area (Å²) in [6.07, 6.45) is 3.66. The number of allylic oxidation sites excluding steroid dienone is 2. The Morgan fingerprint density at radius 2 is 1.71 bits per heavy atom. The fourth-order valence-electron chi connectivity index (χ4n) is 2.76. The molecule has 0 radical (unpaired) electrons. The molecule has 0 aromatic heterocycles. The number of rotatable bonds is 6. The monoisotopic (exact) mass is 388 g/mol. The minimum atomic E-state index is -1.23. The molecular formula is C21H24O7. The van der Waals surface area contributed by atoms with Crippen LogP contribution in [0.15, 0.2) is 30.4 Å². The largest absolute Gasteiger partial charge is 0.507 e. The zero-order valence-electron chi connectivity index (χ0n) is 16.2. The molecule has 7 nitrogen and oxygen atoms in total. The molecule has 150 valence electrons. The molecule has 1 aromatic carbocycles.